The van der Waals surface area contributed by atoms with Crippen molar-refractivity contribution in [3.05, 3.63) is 12.2 Å². The molecule has 29 heavy (non-hydrogen) atoms. The molecule has 0 aromatic heterocycles. The number of allylic oxidation sites excluding steroid dienone is 1. The third kappa shape index (κ3) is 4.13. The van der Waals surface area contributed by atoms with Gasteiger partial charge in [0.15, 0.2) is 16.6 Å². The molecule has 8 atom stereocenters. The van der Waals surface area contributed by atoms with Crippen molar-refractivity contribution < 1.29 is 8.85 Å². The van der Waals surface area contributed by atoms with Crippen LogP contribution >= 0.6 is 0 Å². The summed E-state index contributed by atoms with van der Waals surface area (Å²) in [6.07, 6.45) is 15.5. The van der Waals surface area contributed by atoms with Crippen molar-refractivity contribution in [1.82, 2.24) is 0 Å². The van der Waals surface area contributed by atoms with Crippen molar-refractivity contribution in [3.8, 4) is 0 Å². The van der Waals surface area contributed by atoms with Crippen molar-refractivity contribution in [1.29, 1.82) is 0 Å². The van der Waals surface area contributed by atoms with E-state index in [4.69, 9.17) is 8.85 Å². The Morgan fingerprint density at radius 2 is 1.48 bits per heavy atom. The molecule has 0 aromatic carbocycles. The van der Waals surface area contributed by atoms with Gasteiger partial charge in [-0.1, -0.05) is 26.0 Å². The zero-order valence-electron chi connectivity index (χ0n) is 20.4. The first-order chi connectivity index (χ1) is 13.3. The van der Waals surface area contributed by atoms with Gasteiger partial charge in [0.25, 0.3) is 0 Å². The molecule has 4 aliphatic rings. The molecule has 0 amide bonds. The molecular formula is C25H46O2Si2. The Morgan fingerprint density at radius 3 is 2.14 bits per heavy atom. The number of fused-ring (bicyclic) bond motifs is 5. The molecule has 166 valence electrons. The highest BCUT2D eigenvalue weighted by Gasteiger charge is 2.60. The molecule has 3 unspecified atom stereocenters. The molecule has 0 aliphatic heterocycles. The minimum absolute atomic E-state index is 0.367. The van der Waals surface area contributed by atoms with Crippen LogP contribution in [0.5, 0.6) is 0 Å². The zero-order chi connectivity index (χ0) is 21.2. The van der Waals surface area contributed by atoms with Crippen LogP contribution < -0.4 is 0 Å². The van der Waals surface area contributed by atoms with E-state index in [0.29, 0.717) is 23.0 Å². The molecule has 3 saturated carbocycles. The van der Waals surface area contributed by atoms with Gasteiger partial charge >= 0.3 is 0 Å². The normalized spacial score (nSPS) is 47.4. The van der Waals surface area contributed by atoms with Crippen molar-refractivity contribution in [2.24, 2.45) is 34.5 Å². The molecule has 0 aromatic rings. The molecule has 4 aliphatic carbocycles. The van der Waals surface area contributed by atoms with Crippen LogP contribution in [0.3, 0.4) is 0 Å². The molecule has 0 N–H and O–H groups in total. The molecular weight excluding hydrogens is 388 g/mol. The largest absolute Gasteiger partial charge is 0.414 e. The summed E-state index contributed by atoms with van der Waals surface area (Å²) in [6, 6.07) is 0. The van der Waals surface area contributed by atoms with Crippen LogP contribution in [-0.4, -0.2) is 28.8 Å². The lowest BCUT2D eigenvalue weighted by Gasteiger charge is -2.59. The minimum Gasteiger partial charge on any atom is -0.414 e. The minimum atomic E-state index is -1.48. The van der Waals surface area contributed by atoms with E-state index in [0.717, 1.165) is 23.7 Å². The maximum atomic E-state index is 6.76. The van der Waals surface area contributed by atoms with Gasteiger partial charge in [0, 0.05) is 0 Å². The number of rotatable bonds is 4. The molecule has 4 heteroatoms. The third-order valence-electron chi connectivity index (χ3n) is 9.06. The maximum Gasteiger partial charge on any atom is 0.184 e. The lowest BCUT2D eigenvalue weighted by atomic mass is 9.46. The number of hydrogen-bond donors (Lipinski definition) is 0. The molecule has 0 bridgehead atoms. The second-order valence-corrected chi connectivity index (χ2v) is 22.1. The van der Waals surface area contributed by atoms with Crippen LogP contribution in [0, 0.1) is 34.5 Å². The molecule has 2 nitrogen and oxygen atoms in total. The summed E-state index contributed by atoms with van der Waals surface area (Å²) in [7, 11) is -2.96. The standard InChI is InChI=1S/C25H46O2Si2/c1-24-15-13-19(26-28(3,4)5)17-18(24)9-10-20-21-11-12-23(27-29(6,7)8)25(21,2)16-14-22(20)24/h13,15,18-23H,9-12,14,16-17H2,1-8H3/t18-,19+,20?,21?,22?,23+,24+,25+/m1/s1. The monoisotopic (exact) mass is 434 g/mol. The lowest BCUT2D eigenvalue weighted by molar-refractivity contribution is -0.0958. The molecule has 0 radical (unpaired) electrons. The first-order valence-electron chi connectivity index (χ1n) is 12.4. The van der Waals surface area contributed by atoms with Crippen LogP contribution in [0.2, 0.25) is 39.3 Å². The fourth-order valence-corrected chi connectivity index (χ4v) is 10.2. The van der Waals surface area contributed by atoms with Crippen LogP contribution in [0.25, 0.3) is 0 Å². The SMILES string of the molecule is C[C@]12CCC3C(CC[C@@H]4C[C@@H](O[Si](C)(C)C)C=C[C@]34C)C1CC[C@@H]2O[Si](C)(C)C. The highest BCUT2D eigenvalue weighted by Crippen LogP contribution is 2.65. The van der Waals surface area contributed by atoms with Gasteiger partial charge in [-0.15, -0.1) is 0 Å². The first-order valence-corrected chi connectivity index (χ1v) is 19.2. The van der Waals surface area contributed by atoms with Gasteiger partial charge in [0.05, 0.1) is 12.2 Å². The summed E-state index contributed by atoms with van der Waals surface area (Å²) in [6.45, 7) is 19.3. The van der Waals surface area contributed by atoms with E-state index in [1.807, 2.05) is 0 Å². The predicted molar refractivity (Wildman–Crippen MR) is 128 cm³/mol. The average Bonchev–Trinajstić information content (AvgIpc) is 2.89. The first kappa shape index (κ1) is 22.3. The van der Waals surface area contributed by atoms with Gasteiger partial charge in [-0.05, 0) is 119 Å². The summed E-state index contributed by atoms with van der Waals surface area (Å²) >= 11 is 0. The highest BCUT2D eigenvalue weighted by atomic mass is 28.4. The van der Waals surface area contributed by atoms with Crippen LogP contribution in [-0.2, 0) is 8.85 Å². The van der Waals surface area contributed by atoms with E-state index in [1.165, 1.54) is 44.9 Å². The van der Waals surface area contributed by atoms with Crippen molar-refractivity contribution in [2.45, 2.75) is 110 Å². The van der Waals surface area contributed by atoms with Crippen LogP contribution in [0.15, 0.2) is 12.2 Å². The van der Waals surface area contributed by atoms with Gasteiger partial charge < -0.3 is 8.85 Å². The molecule has 0 spiro atoms. The van der Waals surface area contributed by atoms with Gasteiger partial charge in [0.2, 0.25) is 0 Å². The highest BCUT2D eigenvalue weighted by molar-refractivity contribution is 6.70. The summed E-state index contributed by atoms with van der Waals surface area (Å²) in [5, 5.41) is 0. The second-order valence-electron chi connectivity index (χ2n) is 13.2. The summed E-state index contributed by atoms with van der Waals surface area (Å²) in [5.74, 6) is 3.47. The predicted octanol–water partition coefficient (Wildman–Crippen LogP) is 7.25. The molecule has 3 fully saturated rings. The molecule has 4 rings (SSSR count). The van der Waals surface area contributed by atoms with Crippen molar-refractivity contribution in [2.75, 3.05) is 0 Å². The second kappa shape index (κ2) is 7.32. The quantitative estimate of drug-likeness (QED) is 0.343. The van der Waals surface area contributed by atoms with Crippen LogP contribution in [0.4, 0.5) is 0 Å². The van der Waals surface area contributed by atoms with E-state index in [-0.39, 0.29) is 0 Å². The Bertz CT molecular complexity index is 648. The van der Waals surface area contributed by atoms with Crippen molar-refractivity contribution >= 4 is 16.6 Å². The third-order valence-corrected chi connectivity index (χ3v) is 11.1. The Balaban J connectivity index is 1.53. The van der Waals surface area contributed by atoms with Gasteiger partial charge in [0.1, 0.15) is 0 Å². The Labute approximate surface area is 182 Å². The van der Waals surface area contributed by atoms with Gasteiger partial charge in [-0.2, -0.15) is 0 Å². The van der Waals surface area contributed by atoms with Gasteiger partial charge in [-0.25, -0.2) is 0 Å². The van der Waals surface area contributed by atoms with E-state index in [2.05, 4.69) is 65.3 Å². The summed E-state index contributed by atoms with van der Waals surface area (Å²) < 4.78 is 13.2. The summed E-state index contributed by atoms with van der Waals surface area (Å²) in [4.78, 5) is 0. The van der Waals surface area contributed by atoms with Crippen LogP contribution in [0.1, 0.15) is 58.8 Å². The molecule has 0 saturated heterocycles. The van der Waals surface area contributed by atoms with E-state index in [9.17, 15) is 0 Å². The summed E-state index contributed by atoms with van der Waals surface area (Å²) in [5.41, 5.74) is 0.813. The van der Waals surface area contributed by atoms with Crippen molar-refractivity contribution in [3.63, 3.8) is 0 Å². The van der Waals surface area contributed by atoms with E-state index in [1.54, 1.807) is 0 Å². The Hall–Kier alpha value is 0.0938. The Morgan fingerprint density at radius 1 is 0.793 bits per heavy atom. The Kier molecular flexibility index (Phi) is 5.62. The number of hydrogen-bond acceptors (Lipinski definition) is 2. The molecule has 0 heterocycles. The van der Waals surface area contributed by atoms with E-state index >= 15 is 0 Å². The maximum absolute atomic E-state index is 6.76. The fourth-order valence-electron chi connectivity index (χ4n) is 7.89. The lowest BCUT2D eigenvalue weighted by Crippen LogP contribution is -2.54. The average molecular weight is 435 g/mol. The smallest absolute Gasteiger partial charge is 0.184 e. The van der Waals surface area contributed by atoms with Gasteiger partial charge in [-0.3, -0.25) is 0 Å². The van der Waals surface area contributed by atoms with E-state index < -0.39 is 16.6 Å². The zero-order valence-corrected chi connectivity index (χ0v) is 22.4. The fraction of sp³-hybridized carbons (Fsp3) is 0.920. The topological polar surface area (TPSA) is 18.5 Å².